The molecule has 0 amide bonds. The third kappa shape index (κ3) is 11.2. The number of likely N-dealkylation sites (tertiary alicyclic amines) is 1. The minimum Gasteiger partial charge on any atom is -0.494 e. The number of aromatic amines is 1. The van der Waals surface area contributed by atoms with Gasteiger partial charge in [-0.1, -0.05) is 18.6 Å². The zero-order chi connectivity index (χ0) is 25.5. The van der Waals surface area contributed by atoms with Crippen molar-refractivity contribution in [1.82, 2.24) is 14.9 Å². The molecule has 0 saturated carbocycles. The van der Waals surface area contributed by atoms with Crippen molar-refractivity contribution in [3.63, 3.8) is 0 Å². The third-order valence-corrected chi connectivity index (χ3v) is 4.99. The topological polar surface area (TPSA) is 154 Å². The Bertz CT molecular complexity index is 1020. The van der Waals surface area contributed by atoms with Crippen LogP contribution in [0.15, 0.2) is 47.4 Å². The van der Waals surface area contributed by atoms with Crippen molar-refractivity contribution in [3.05, 3.63) is 58.5 Å². The molecule has 0 aliphatic carbocycles. The molecule has 0 bridgehead atoms. The number of nitrogens with zero attached hydrogens (tertiary/aromatic N) is 2. The second kappa shape index (κ2) is 15.1. The summed E-state index contributed by atoms with van der Waals surface area (Å²) in [7, 11) is 1.44. The van der Waals surface area contributed by atoms with Gasteiger partial charge in [0.25, 0.3) is 5.56 Å². The lowest BCUT2D eigenvalue weighted by Crippen LogP contribution is -2.29. The van der Waals surface area contributed by atoms with Gasteiger partial charge in [-0.05, 0) is 50.0 Å². The van der Waals surface area contributed by atoms with Gasteiger partial charge in [0.1, 0.15) is 5.75 Å². The van der Waals surface area contributed by atoms with Crippen LogP contribution < -0.4 is 20.3 Å². The molecule has 1 aliphatic rings. The van der Waals surface area contributed by atoms with Gasteiger partial charge < -0.3 is 25.0 Å². The van der Waals surface area contributed by atoms with Crippen LogP contribution in [0.2, 0.25) is 0 Å². The second-order valence-electron chi connectivity index (χ2n) is 7.75. The van der Waals surface area contributed by atoms with Crippen molar-refractivity contribution in [2.24, 2.45) is 0 Å². The first-order valence-corrected chi connectivity index (χ1v) is 11.3. The van der Waals surface area contributed by atoms with Crippen LogP contribution in [0.1, 0.15) is 31.2 Å². The fourth-order valence-corrected chi connectivity index (χ4v) is 3.34. The number of methoxy groups -OCH3 is 1. The summed E-state index contributed by atoms with van der Waals surface area (Å²) in [6, 6.07) is 8.34. The first-order chi connectivity index (χ1) is 16.9. The summed E-state index contributed by atoms with van der Waals surface area (Å²) in [6.07, 6.45) is 7.28. The lowest BCUT2D eigenvalue weighted by Gasteiger charge is -2.26. The van der Waals surface area contributed by atoms with Crippen LogP contribution in [0.3, 0.4) is 0 Å². The third-order valence-electron chi connectivity index (χ3n) is 4.99. The molecule has 190 valence electrons. The van der Waals surface area contributed by atoms with Crippen LogP contribution in [0.25, 0.3) is 0 Å². The number of ether oxygens (including phenoxy) is 2. The quantitative estimate of drug-likeness (QED) is 0.274. The number of anilines is 1. The SMILES string of the molecule is COc1cnc(NCCCOc2cccc(CN3CCCCC3)c2)[nH]c1=O.O=C(O)C=CC(=O)O. The fraction of sp³-hybridized carbons (Fsp3) is 0.417. The molecule has 35 heavy (non-hydrogen) atoms. The number of H-pyrrole nitrogens is 1. The van der Waals surface area contributed by atoms with Crippen molar-refractivity contribution in [1.29, 1.82) is 0 Å². The Balaban J connectivity index is 0.000000466. The van der Waals surface area contributed by atoms with E-state index in [0.717, 1.165) is 18.7 Å². The van der Waals surface area contributed by atoms with Gasteiger partial charge in [-0.2, -0.15) is 0 Å². The van der Waals surface area contributed by atoms with Crippen molar-refractivity contribution in [2.75, 3.05) is 38.7 Å². The largest absolute Gasteiger partial charge is 0.494 e. The molecule has 1 aliphatic heterocycles. The van der Waals surface area contributed by atoms with E-state index in [9.17, 15) is 14.4 Å². The number of carboxylic acid groups (broad SMARTS) is 2. The minimum absolute atomic E-state index is 0.202. The molecule has 1 fully saturated rings. The lowest BCUT2D eigenvalue weighted by molar-refractivity contribution is -0.134. The van der Waals surface area contributed by atoms with Crippen molar-refractivity contribution in [3.8, 4) is 11.5 Å². The smallest absolute Gasteiger partial charge is 0.328 e. The van der Waals surface area contributed by atoms with E-state index < -0.39 is 11.9 Å². The van der Waals surface area contributed by atoms with Crippen LogP contribution in [-0.4, -0.2) is 70.4 Å². The van der Waals surface area contributed by atoms with E-state index in [1.807, 2.05) is 6.07 Å². The van der Waals surface area contributed by atoms with Gasteiger partial charge in [-0.25, -0.2) is 14.6 Å². The van der Waals surface area contributed by atoms with E-state index in [4.69, 9.17) is 19.7 Å². The number of benzene rings is 1. The Morgan fingerprint density at radius 3 is 2.51 bits per heavy atom. The molecule has 2 aromatic rings. The highest BCUT2D eigenvalue weighted by atomic mass is 16.5. The molecular formula is C24H32N4O7. The molecule has 0 radical (unpaired) electrons. The highest BCUT2D eigenvalue weighted by Gasteiger charge is 2.10. The minimum atomic E-state index is -1.26. The zero-order valence-electron chi connectivity index (χ0n) is 19.7. The number of hydrogen-bond donors (Lipinski definition) is 4. The summed E-state index contributed by atoms with van der Waals surface area (Å²) < 4.78 is 10.8. The van der Waals surface area contributed by atoms with E-state index in [2.05, 4.69) is 38.4 Å². The maximum absolute atomic E-state index is 11.6. The number of rotatable bonds is 11. The average Bonchev–Trinajstić information content (AvgIpc) is 2.84. The van der Waals surface area contributed by atoms with Crippen LogP contribution in [-0.2, 0) is 16.1 Å². The molecule has 11 nitrogen and oxygen atoms in total. The van der Waals surface area contributed by atoms with Crippen LogP contribution in [0.5, 0.6) is 11.5 Å². The molecule has 4 N–H and O–H groups in total. The van der Waals surface area contributed by atoms with E-state index in [1.165, 1.54) is 51.2 Å². The van der Waals surface area contributed by atoms with Gasteiger partial charge in [0.2, 0.25) is 11.7 Å². The zero-order valence-corrected chi connectivity index (χ0v) is 19.7. The Morgan fingerprint density at radius 1 is 1.17 bits per heavy atom. The summed E-state index contributed by atoms with van der Waals surface area (Å²) in [5, 5.41) is 18.7. The van der Waals surface area contributed by atoms with Crippen LogP contribution in [0.4, 0.5) is 5.95 Å². The predicted molar refractivity (Wildman–Crippen MR) is 130 cm³/mol. The van der Waals surface area contributed by atoms with Gasteiger partial charge in [-0.3, -0.25) is 14.7 Å². The first-order valence-electron chi connectivity index (χ1n) is 11.3. The summed E-state index contributed by atoms with van der Waals surface area (Å²) in [5.74, 6) is -0.974. The fourth-order valence-electron chi connectivity index (χ4n) is 3.34. The van der Waals surface area contributed by atoms with Gasteiger partial charge in [0, 0.05) is 25.2 Å². The van der Waals surface area contributed by atoms with Gasteiger partial charge in [0.05, 0.1) is 19.9 Å². The van der Waals surface area contributed by atoms with E-state index in [0.29, 0.717) is 31.3 Å². The molecule has 11 heteroatoms. The van der Waals surface area contributed by atoms with E-state index in [1.54, 1.807) is 0 Å². The molecule has 0 atom stereocenters. The van der Waals surface area contributed by atoms with E-state index in [-0.39, 0.29) is 11.3 Å². The van der Waals surface area contributed by atoms with Crippen molar-refractivity contribution < 1.29 is 29.3 Å². The monoisotopic (exact) mass is 488 g/mol. The van der Waals surface area contributed by atoms with E-state index >= 15 is 0 Å². The molecule has 0 unspecified atom stereocenters. The van der Waals surface area contributed by atoms with Gasteiger partial charge in [-0.15, -0.1) is 0 Å². The van der Waals surface area contributed by atoms with Crippen LogP contribution in [0, 0.1) is 0 Å². The number of aliphatic carboxylic acids is 2. The first kappa shape index (κ1) is 27.4. The highest BCUT2D eigenvalue weighted by molar-refractivity contribution is 5.89. The van der Waals surface area contributed by atoms with Gasteiger partial charge in [0.15, 0.2) is 0 Å². The standard InChI is InChI=1S/C20H28N4O3.C4H4O4/c1-26-18-14-22-20(23-19(18)25)21-9-6-12-27-17-8-5-7-16(13-17)15-24-10-3-2-4-11-24;5-3(6)1-2-4(7)8/h5,7-8,13-14H,2-4,6,9-12,15H2,1H3,(H2,21,22,23,25);1-2H,(H,5,6)(H,7,8). The Morgan fingerprint density at radius 2 is 1.89 bits per heavy atom. The Kier molecular flexibility index (Phi) is 11.8. The highest BCUT2D eigenvalue weighted by Crippen LogP contribution is 2.17. The predicted octanol–water partition coefficient (Wildman–Crippen LogP) is 2.36. The Hall–Kier alpha value is -3.86. The molecule has 0 spiro atoms. The van der Waals surface area contributed by atoms with Gasteiger partial charge >= 0.3 is 11.9 Å². The molecule has 1 saturated heterocycles. The van der Waals surface area contributed by atoms with Crippen molar-refractivity contribution >= 4 is 17.9 Å². The summed E-state index contributed by atoms with van der Waals surface area (Å²) in [6.45, 7) is 4.63. The number of aromatic nitrogens is 2. The molecule has 3 rings (SSSR count). The number of carboxylic acids is 2. The normalized spacial score (nSPS) is 13.5. The van der Waals surface area contributed by atoms with Crippen molar-refractivity contribution in [2.45, 2.75) is 32.2 Å². The van der Waals surface area contributed by atoms with Crippen LogP contribution >= 0.6 is 0 Å². The summed E-state index contributed by atoms with van der Waals surface area (Å²) >= 11 is 0. The number of hydrogen-bond acceptors (Lipinski definition) is 8. The average molecular weight is 489 g/mol. The summed E-state index contributed by atoms with van der Waals surface area (Å²) in [5.41, 5.74) is 1.00. The molecule has 1 aromatic heterocycles. The lowest BCUT2D eigenvalue weighted by atomic mass is 10.1. The number of carbonyl (C=O) groups is 2. The second-order valence-corrected chi connectivity index (χ2v) is 7.75. The Labute approximate surface area is 203 Å². The molecular weight excluding hydrogens is 456 g/mol. The number of piperidine rings is 1. The summed E-state index contributed by atoms with van der Waals surface area (Å²) in [4.78, 5) is 40.0. The molecule has 1 aromatic carbocycles. The maximum Gasteiger partial charge on any atom is 0.328 e. The maximum atomic E-state index is 11.6. The number of nitrogens with one attached hydrogen (secondary N) is 2. The molecule has 2 heterocycles.